The molecule has 0 aromatic rings. The highest BCUT2D eigenvalue weighted by Crippen LogP contribution is 1.92. The number of carbonyl (C=O) groups excluding carboxylic acids is 2. The van der Waals surface area contributed by atoms with Gasteiger partial charge in [-0.15, -0.1) is 0 Å². The molecule has 0 aromatic carbocycles. The zero-order chi connectivity index (χ0) is 10.4. The Morgan fingerprint density at radius 1 is 1.54 bits per heavy atom. The van der Waals surface area contributed by atoms with Crippen LogP contribution >= 0.6 is 0 Å². The number of esters is 1. The van der Waals surface area contributed by atoms with E-state index in [9.17, 15) is 9.59 Å². The molecule has 0 aromatic heterocycles. The maximum absolute atomic E-state index is 10.8. The Morgan fingerprint density at radius 2 is 2.08 bits per heavy atom. The molecule has 0 aliphatic heterocycles. The molecule has 2 amide bonds. The number of hydrogen-bond donors (Lipinski definition) is 1. The van der Waals surface area contributed by atoms with E-state index in [-0.39, 0.29) is 13.2 Å². The van der Waals surface area contributed by atoms with Crippen LogP contribution in [-0.4, -0.2) is 37.1 Å². The second-order valence-corrected chi connectivity index (χ2v) is 2.68. The maximum atomic E-state index is 10.8. The van der Waals surface area contributed by atoms with Crippen molar-refractivity contribution in [2.45, 2.75) is 6.92 Å². The molecular formula is C8H14N2O3. The van der Waals surface area contributed by atoms with Gasteiger partial charge < -0.3 is 15.4 Å². The summed E-state index contributed by atoms with van der Waals surface area (Å²) in [4.78, 5) is 22.6. The number of hydrogen-bond acceptors (Lipinski definition) is 3. The molecule has 0 rings (SSSR count). The van der Waals surface area contributed by atoms with Gasteiger partial charge in [-0.05, 0) is 6.92 Å². The molecule has 0 atom stereocenters. The first-order chi connectivity index (χ1) is 5.95. The third kappa shape index (κ3) is 4.84. The summed E-state index contributed by atoms with van der Waals surface area (Å²) in [7, 11) is 1.52. The topological polar surface area (TPSA) is 72.6 Å². The second kappa shape index (κ2) is 5.18. The van der Waals surface area contributed by atoms with Crippen molar-refractivity contribution in [3.8, 4) is 0 Å². The van der Waals surface area contributed by atoms with Crippen molar-refractivity contribution >= 4 is 12.0 Å². The van der Waals surface area contributed by atoms with E-state index in [0.29, 0.717) is 5.57 Å². The van der Waals surface area contributed by atoms with Crippen LogP contribution in [-0.2, 0) is 9.53 Å². The van der Waals surface area contributed by atoms with Gasteiger partial charge in [0.1, 0.15) is 6.61 Å². The monoisotopic (exact) mass is 186 g/mol. The van der Waals surface area contributed by atoms with Crippen molar-refractivity contribution in [2.75, 3.05) is 20.2 Å². The first-order valence-corrected chi connectivity index (χ1v) is 3.78. The predicted molar refractivity (Wildman–Crippen MR) is 48.0 cm³/mol. The van der Waals surface area contributed by atoms with Gasteiger partial charge in [-0.2, -0.15) is 0 Å². The van der Waals surface area contributed by atoms with Crippen molar-refractivity contribution in [3.63, 3.8) is 0 Å². The largest absolute Gasteiger partial charge is 0.460 e. The summed E-state index contributed by atoms with van der Waals surface area (Å²) in [5.74, 6) is -0.460. The van der Waals surface area contributed by atoms with Gasteiger partial charge in [-0.3, -0.25) is 0 Å². The summed E-state index contributed by atoms with van der Waals surface area (Å²) in [5.41, 5.74) is 5.28. The summed E-state index contributed by atoms with van der Waals surface area (Å²) in [5, 5.41) is 0. The van der Waals surface area contributed by atoms with Crippen LogP contribution in [0.5, 0.6) is 0 Å². The van der Waals surface area contributed by atoms with Crippen LogP contribution in [0, 0.1) is 0 Å². The average molecular weight is 186 g/mol. The Bertz CT molecular complexity index is 225. The lowest BCUT2D eigenvalue weighted by Crippen LogP contribution is -2.34. The summed E-state index contributed by atoms with van der Waals surface area (Å²) < 4.78 is 4.74. The van der Waals surface area contributed by atoms with Gasteiger partial charge in [0.05, 0.1) is 6.54 Å². The first-order valence-electron chi connectivity index (χ1n) is 3.78. The number of nitrogens with zero attached hydrogens (tertiary/aromatic N) is 1. The van der Waals surface area contributed by atoms with Crippen LogP contribution in [0.3, 0.4) is 0 Å². The van der Waals surface area contributed by atoms with Gasteiger partial charge >= 0.3 is 12.0 Å². The molecule has 0 aliphatic rings. The molecular weight excluding hydrogens is 172 g/mol. The maximum Gasteiger partial charge on any atom is 0.333 e. The number of ether oxygens (including phenoxy) is 1. The quantitative estimate of drug-likeness (QED) is 0.500. The molecule has 0 aliphatic carbocycles. The minimum absolute atomic E-state index is 0.130. The molecule has 74 valence electrons. The van der Waals surface area contributed by atoms with E-state index >= 15 is 0 Å². The summed E-state index contributed by atoms with van der Waals surface area (Å²) >= 11 is 0. The Labute approximate surface area is 77.1 Å². The molecule has 0 heterocycles. The van der Waals surface area contributed by atoms with Crippen molar-refractivity contribution in [1.82, 2.24) is 4.90 Å². The highest BCUT2D eigenvalue weighted by Gasteiger charge is 2.05. The van der Waals surface area contributed by atoms with E-state index < -0.39 is 12.0 Å². The predicted octanol–water partition coefficient (Wildman–Crippen LogP) is 0.116. The van der Waals surface area contributed by atoms with Gasteiger partial charge in [-0.1, -0.05) is 6.58 Å². The van der Waals surface area contributed by atoms with Gasteiger partial charge in [0, 0.05) is 12.6 Å². The van der Waals surface area contributed by atoms with Crippen LogP contribution in [0.4, 0.5) is 4.79 Å². The fraction of sp³-hybridized carbons (Fsp3) is 0.500. The smallest absolute Gasteiger partial charge is 0.333 e. The number of nitrogens with two attached hydrogens (primary N) is 1. The van der Waals surface area contributed by atoms with Gasteiger partial charge in [0.2, 0.25) is 0 Å². The standard InChI is InChI=1S/C8H14N2O3/c1-6(2)7(11)13-5-4-10(3)8(9)12/h1,4-5H2,2-3H3,(H2,9,12). The van der Waals surface area contributed by atoms with E-state index in [4.69, 9.17) is 10.5 Å². The van der Waals surface area contributed by atoms with E-state index in [1.165, 1.54) is 11.9 Å². The van der Waals surface area contributed by atoms with Crippen LogP contribution in [0.15, 0.2) is 12.2 Å². The van der Waals surface area contributed by atoms with Gasteiger partial charge in [0.25, 0.3) is 0 Å². The summed E-state index contributed by atoms with van der Waals surface area (Å²) in [6.45, 7) is 5.38. The van der Waals surface area contributed by atoms with Crippen molar-refractivity contribution in [2.24, 2.45) is 5.73 Å². The third-order valence-corrected chi connectivity index (χ3v) is 1.38. The lowest BCUT2D eigenvalue weighted by atomic mass is 10.4. The lowest BCUT2D eigenvalue weighted by Gasteiger charge is -2.13. The molecule has 0 fully saturated rings. The highest BCUT2D eigenvalue weighted by atomic mass is 16.5. The minimum atomic E-state index is -0.550. The molecule has 13 heavy (non-hydrogen) atoms. The van der Waals surface area contributed by atoms with Gasteiger partial charge in [0.15, 0.2) is 0 Å². The Morgan fingerprint density at radius 3 is 2.46 bits per heavy atom. The molecule has 0 bridgehead atoms. The van der Waals surface area contributed by atoms with Gasteiger partial charge in [-0.25, -0.2) is 9.59 Å². The molecule has 0 unspecified atom stereocenters. The SMILES string of the molecule is C=C(C)C(=O)OCCN(C)C(N)=O. The van der Waals surface area contributed by atoms with Crippen LogP contribution < -0.4 is 5.73 Å². The number of likely N-dealkylation sites (N-methyl/N-ethyl adjacent to an activating group) is 1. The Hall–Kier alpha value is -1.52. The Balaban J connectivity index is 3.62. The zero-order valence-electron chi connectivity index (χ0n) is 7.87. The van der Waals surface area contributed by atoms with Crippen LogP contribution in [0.25, 0.3) is 0 Å². The highest BCUT2D eigenvalue weighted by molar-refractivity contribution is 5.86. The minimum Gasteiger partial charge on any atom is -0.460 e. The van der Waals surface area contributed by atoms with Crippen LogP contribution in [0.1, 0.15) is 6.92 Å². The van der Waals surface area contributed by atoms with E-state index in [0.717, 1.165) is 0 Å². The van der Waals surface area contributed by atoms with E-state index in [1.54, 1.807) is 6.92 Å². The fourth-order valence-corrected chi connectivity index (χ4v) is 0.509. The molecule has 0 spiro atoms. The number of urea groups is 1. The molecule has 0 radical (unpaired) electrons. The fourth-order valence-electron chi connectivity index (χ4n) is 0.509. The number of rotatable bonds is 4. The van der Waals surface area contributed by atoms with Crippen molar-refractivity contribution in [3.05, 3.63) is 12.2 Å². The lowest BCUT2D eigenvalue weighted by molar-refractivity contribution is -0.139. The first kappa shape index (κ1) is 11.5. The zero-order valence-corrected chi connectivity index (χ0v) is 7.87. The normalized spacial score (nSPS) is 9.08. The average Bonchev–Trinajstić information content (AvgIpc) is 2.03. The second-order valence-electron chi connectivity index (χ2n) is 2.68. The number of primary amides is 1. The molecule has 0 saturated carbocycles. The molecule has 0 saturated heterocycles. The summed E-state index contributed by atoms with van der Waals surface area (Å²) in [6, 6.07) is -0.550. The van der Waals surface area contributed by atoms with E-state index in [1.807, 2.05) is 0 Å². The number of amides is 2. The molecule has 5 nitrogen and oxygen atoms in total. The third-order valence-electron chi connectivity index (χ3n) is 1.38. The van der Waals surface area contributed by atoms with E-state index in [2.05, 4.69) is 6.58 Å². The summed E-state index contributed by atoms with van der Waals surface area (Å²) in [6.07, 6.45) is 0. The molecule has 2 N–H and O–H groups in total. The Kier molecular flexibility index (Phi) is 4.58. The van der Waals surface area contributed by atoms with Crippen molar-refractivity contribution < 1.29 is 14.3 Å². The number of carbonyl (C=O) groups is 2. The molecule has 5 heteroatoms. The van der Waals surface area contributed by atoms with Crippen molar-refractivity contribution in [1.29, 1.82) is 0 Å². The van der Waals surface area contributed by atoms with Crippen LogP contribution in [0.2, 0.25) is 0 Å².